The molecule has 1 aromatic rings. The molecule has 0 spiro atoms. The summed E-state index contributed by atoms with van der Waals surface area (Å²) in [5, 5.41) is 10.2. The van der Waals surface area contributed by atoms with Gasteiger partial charge in [0.15, 0.2) is 17.7 Å². The molecule has 0 fully saturated rings. The van der Waals surface area contributed by atoms with Crippen LogP contribution >= 0.6 is 0 Å². The summed E-state index contributed by atoms with van der Waals surface area (Å²) in [5.74, 6) is 0.890. The molecule has 2 rings (SSSR count). The maximum absolute atomic E-state index is 11.0. The minimum atomic E-state index is -0.458. The van der Waals surface area contributed by atoms with Crippen LogP contribution in [0, 0.1) is 11.5 Å². The average molecular weight is 216 g/mol. The van der Waals surface area contributed by atoms with Crippen molar-refractivity contribution in [2.24, 2.45) is 0 Å². The van der Waals surface area contributed by atoms with Gasteiger partial charge in [-0.2, -0.15) is 5.26 Å². The van der Waals surface area contributed by atoms with E-state index in [0.29, 0.717) is 11.5 Å². The maximum Gasteiger partial charge on any atom is 0.256 e. The van der Waals surface area contributed by atoms with Crippen molar-refractivity contribution < 1.29 is 14.3 Å². The fourth-order valence-electron chi connectivity index (χ4n) is 1.29. The van der Waals surface area contributed by atoms with Crippen LogP contribution in [0.3, 0.4) is 0 Å². The van der Waals surface area contributed by atoms with Gasteiger partial charge in [-0.15, -0.1) is 0 Å². The quantitative estimate of drug-likeness (QED) is 0.455. The van der Waals surface area contributed by atoms with Crippen molar-refractivity contribution in [1.82, 2.24) is 5.32 Å². The Labute approximate surface area is 91.9 Å². The number of benzene rings is 1. The van der Waals surface area contributed by atoms with E-state index in [9.17, 15) is 4.79 Å². The van der Waals surface area contributed by atoms with E-state index in [1.54, 1.807) is 30.5 Å². The summed E-state index contributed by atoms with van der Waals surface area (Å²) >= 11 is 0. The van der Waals surface area contributed by atoms with Crippen molar-refractivity contribution in [1.29, 1.82) is 5.26 Å². The second-order valence-corrected chi connectivity index (χ2v) is 3.05. The van der Waals surface area contributed by atoms with Gasteiger partial charge >= 0.3 is 0 Å². The third-order valence-corrected chi connectivity index (χ3v) is 2.00. The van der Waals surface area contributed by atoms with E-state index in [-0.39, 0.29) is 6.79 Å². The number of carbonyl (C=O) groups is 1. The standard InChI is InChI=1S/C11H8N2O3/c12-6-13-11(14)4-2-8-1-3-9-10(5-8)16-7-15-9/h1-5H,7H2,(H,13,14)/b4-2-. The lowest BCUT2D eigenvalue weighted by atomic mass is 10.2. The molecule has 1 N–H and O–H groups in total. The number of nitrogens with one attached hydrogen (secondary N) is 1. The van der Waals surface area contributed by atoms with Crippen molar-refractivity contribution in [2.75, 3.05) is 6.79 Å². The third kappa shape index (κ3) is 2.12. The van der Waals surface area contributed by atoms with Gasteiger partial charge in [-0.3, -0.25) is 10.1 Å². The Bertz CT molecular complexity index is 488. The first kappa shape index (κ1) is 10.1. The lowest BCUT2D eigenvalue weighted by Gasteiger charge is -1.97. The topological polar surface area (TPSA) is 71.4 Å². The van der Waals surface area contributed by atoms with Crippen LogP contribution in [-0.2, 0) is 4.79 Å². The van der Waals surface area contributed by atoms with Gasteiger partial charge in [-0.25, -0.2) is 0 Å². The number of nitriles is 1. The van der Waals surface area contributed by atoms with Gasteiger partial charge in [-0.1, -0.05) is 6.07 Å². The number of rotatable bonds is 2. The van der Waals surface area contributed by atoms with Crippen LogP contribution in [0.1, 0.15) is 5.56 Å². The first-order valence-corrected chi connectivity index (χ1v) is 4.56. The number of carbonyl (C=O) groups excluding carboxylic acids is 1. The summed E-state index contributed by atoms with van der Waals surface area (Å²) in [5.41, 5.74) is 0.803. The molecular weight excluding hydrogens is 208 g/mol. The van der Waals surface area contributed by atoms with E-state index in [0.717, 1.165) is 5.56 Å². The molecule has 0 radical (unpaired) electrons. The predicted octanol–water partition coefficient (Wildman–Crippen LogP) is 1.03. The maximum atomic E-state index is 11.0. The number of nitrogens with zero attached hydrogens (tertiary/aromatic N) is 1. The molecule has 1 aliphatic rings. The van der Waals surface area contributed by atoms with Gasteiger partial charge in [0.2, 0.25) is 6.79 Å². The van der Waals surface area contributed by atoms with Crippen LogP contribution in [0.25, 0.3) is 6.08 Å². The molecule has 5 heteroatoms. The molecule has 0 saturated heterocycles. The van der Waals surface area contributed by atoms with Gasteiger partial charge in [0.1, 0.15) is 0 Å². The molecule has 0 unspecified atom stereocenters. The normalized spacial score (nSPS) is 12.4. The molecule has 1 aliphatic heterocycles. The van der Waals surface area contributed by atoms with E-state index in [2.05, 4.69) is 0 Å². The van der Waals surface area contributed by atoms with Crippen molar-refractivity contribution >= 4 is 12.0 Å². The number of hydrogen-bond donors (Lipinski definition) is 1. The Morgan fingerprint density at radius 1 is 1.44 bits per heavy atom. The summed E-state index contributed by atoms with van der Waals surface area (Å²) in [6.45, 7) is 0.220. The number of fused-ring (bicyclic) bond motifs is 1. The number of amides is 1. The van der Waals surface area contributed by atoms with Crippen LogP contribution in [-0.4, -0.2) is 12.7 Å². The summed E-state index contributed by atoms with van der Waals surface area (Å²) in [6.07, 6.45) is 4.42. The minimum absolute atomic E-state index is 0.220. The minimum Gasteiger partial charge on any atom is -0.454 e. The first-order valence-electron chi connectivity index (χ1n) is 4.56. The zero-order valence-electron chi connectivity index (χ0n) is 8.27. The van der Waals surface area contributed by atoms with Gasteiger partial charge in [-0.05, 0) is 23.8 Å². The average Bonchev–Trinajstić information content (AvgIpc) is 2.74. The largest absolute Gasteiger partial charge is 0.454 e. The molecule has 0 aliphatic carbocycles. The van der Waals surface area contributed by atoms with Crippen LogP contribution in [0.2, 0.25) is 0 Å². The molecule has 5 nitrogen and oxygen atoms in total. The molecule has 0 atom stereocenters. The molecular formula is C11H8N2O3. The molecule has 16 heavy (non-hydrogen) atoms. The highest BCUT2D eigenvalue weighted by Gasteiger charge is 2.12. The van der Waals surface area contributed by atoms with Crippen molar-refractivity contribution in [3.63, 3.8) is 0 Å². The Morgan fingerprint density at radius 2 is 2.25 bits per heavy atom. The Hall–Kier alpha value is -2.48. The van der Waals surface area contributed by atoms with Gasteiger partial charge in [0.25, 0.3) is 5.91 Å². The summed E-state index contributed by atoms with van der Waals surface area (Å²) < 4.78 is 10.3. The van der Waals surface area contributed by atoms with Gasteiger partial charge in [0.05, 0.1) is 0 Å². The summed E-state index contributed by atoms with van der Waals surface area (Å²) in [4.78, 5) is 11.0. The van der Waals surface area contributed by atoms with Crippen molar-refractivity contribution in [3.8, 4) is 17.7 Å². The highest BCUT2D eigenvalue weighted by atomic mass is 16.7. The van der Waals surface area contributed by atoms with Crippen LogP contribution in [0.5, 0.6) is 11.5 Å². The highest BCUT2D eigenvalue weighted by molar-refractivity contribution is 5.92. The van der Waals surface area contributed by atoms with E-state index < -0.39 is 5.91 Å². The highest BCUT2D eigenvalue weighted by Crippen LogP contribution is 2.32. The molecule has 80 valence electrons. The summed E-state index contributed by atoms with van der Waals surface area (Å²) in [7, 11) is 0. The monoisotopic (exact) mass is 216 g/mol. The van der Waals surface area contributed by atoms with Crippen LogP contribution < -0.4 is 14.8 Å². The van der Waals surface area contributed by atoms with Gasteiger partial charge in [0, 0.05) is 6.08 Å². The van der Waals surface area contributed by atoms with E-state index >= 15 is 0 Å². The van der Waals surface area contributed by atoms with Crippen molar-refractivity contribution in [2.45, 2.75) is 0 Å². The molecule has 1 aromatic carbocycles. The summed E-state index contributed by atoms with van der Waals surface area (Å²) in [6, 6.07) is 5.33. The Morgan fingerprint density at radius 3 is 3.06 bits per heavy atom. The first-order chi connectivity index (χ1) is 7.79. The van der Waals surface area contributed by atoms with E-state index in [1.165, 1.54) is 6.08 Å². The lowest BCUT2D eigenvalue weighted by molar-refractivity contribution is -0.115. The van der Waals surface area contributed by atoms with E-state index in [4.69, 9.17) is 14.7 Å². The van der Waals surface area contributed by atoms with E-state index in [1.807, 2.05) is 5.32 Å². The molecule has 0 bridgehead atoms. The zero-order chi connectivity index (χ0) is 11.4. The zero-order valence-corrected chi connectivity index (χ0v) is 8.27. The van der Waals surface area contributed by atoms with Gasteiger partial charge < -0.3 is 9.47 Å². The van der Waals surface area contributed by atoms with Crippen LogP contribution in [0.15, 0.2) is 24.3 Å². The fourth-order valence-corrected chi connectivity index (χ4v) is 1.29. The fraction of sp³-hybridized carbons (Fsp3) is 0.0909. The second kappa shape index (κ2) is 4.36. The smallest absolute Gasteiger partial charge is 0.256 e. The predicted molar refractivity (Wildman–Crippen MR) is 55.4 cm³/mol. The Balaban J connectivity index is 2.11. The molecule has 1 heterocycles. The van der Waals surface area contributed by atoms with Crippen molar-refractivity contribution in [3.05, 3.63) is 29.8 Å². The Kier molecular flexibility index (Phi) is 2.74. The SMILES string of the molecule is N#CNC(=O)/C=C\c1ccc2c(c1)OCO2. The number of ether oxygens (including phenoxy) is 2. The lowest BCUT2D eigenvalue weighted by Crippen LogP contribution is -2.13. The molecule has 0 saturated carbocycles. The number of hydrogen-bond acceptors (Lipinski definition) is 4. The third-order valence-electron chi connectivity index (χ3n) is 2.00. The van der Waals surface area contributed by atoms with Crippen LogP contribution in [0.4, 0.5) is 0 Å². The molecule has 1 amide bonds. The molecule has 0 aromatic heterocycles. The second-order valence-electron chi connectivity index (χ2n) is 3.05.